The summed E-state index contributed by atoms with van der Waals surface area (Å²) in [5.41, 5.74) is 0. The molecule has 0 aliphatic rings. The molecule has 0 aliphatic heterocycles. The topological polar surface area (TPSA) is 17.8 Å². The van der Waals surface area contributed by atoms with Gasteiger partial charge in [0.2, 0.25) is 0 Å². The summed E-state index contributed by atoms with van der Waals surface area (Å²) in [5.74, 6) is 1.09. The fraction of sp³-hybridized carbons (Fsp3) is 0.571. The van der Waals surface area contributed by atoms with E-state index in [0.29, 0.717) is 0 Å². The molecule has 0 atom stereocenters. The highest BCUT2D eigenvalue weighted by atomic mass is 32.1. The second kappa shape index (κ2) is 4.39. The van der Waals surface area contributed by atoms with E-state index >= 15 is 0 Å². The number of hydrogen-bond donors (Lipinski definition) is 0. The maximum absolute atomic E-state index is 3.95. The van der Waals surface area contributed by atoms with E-state index in [1.807, 2.05) is 18.7 Å². The summed E-state index contributed by atoms with van der Waals surface area (Å²) in [5, 5.41) is 0. The van der Waals surface area contributed by atoms with Crippen LogP contribution in [0.5, 0.6) is 0 Å². The molecule has 0 saturated carbocycles. The quantitative estimate of drug-likeness (QED) is 0.464. The first kappa shape index (κ1) is 7.66. The Morgan fingerprint density at radius 2 is 2.30 bits per heavy atom. The molecule has 2 nitrogen and oxygen atoms in total. The molecule has 0 aromatic carbocycles. The lowest BCUT2D eigenvalue weighted by molar-refractivity contribution is 0.635. The lowest BCUT2D eigenvalue weighted by Gasteiger charge is -1.97. The zero-order valence-electron chi connectivity index (χ0n) is 5.95. The molecule has 0 bridgehead atoms. The predicted molar refractivity (Wildman–Crippen MR) is 46.5 cm³/mol. The van der Waals surface area contributed by atoms with Crippen LogP contribution < -0.4 is 0 Å². The van der Waals surface area contributed by atoms with E-state index < -0.39 is 0 Å². The predicted octanol–water partition coefficient (Wildman–Crippen LogP) is 0.675. The van der Waals surface area contributed by atoms with Gasteiger partial charge in [0.25, 0.3) is 0 Å². The van der Waals surface area contributed by atoms with Gasteiger partial charge < -0.3 is 4.57 Å². The molecule has 0 aliphatic carbocycles. The Bertz CT molecular complexity index is 160. The Morgan fingerprint density at radius 1 is 1.40 bits per heavy atom. The van der Waals surface area contributed by atoms with Crippen molar-refractivity contribution in [1.29, 1.82) is 0 Å². The van der Waals surface area contributed by atoms with Gasteiger partial charge in [-0.2, -0.15) is 0 Å². The van der Waals surface area contributed by atoms with Gasteiger partial charge in [-0.1, -0.05) is 0 Å². The molecule has 0 spiro atoms. The third kappa shape index (κ3) is 2.43. The van der Waals surface area contributed by atoms with Crippen LogP contribution in [0.1, 0.15) is 12.8 Å². The number of aromatic nitrogens is 2. The Labute approximate surface area is 66.7 Å². The number of unbranched alkanes of at least 4 members (excludes halogenated alkanes) is 1. The Kier molecular flexibility index (Phi) is 3.36. The molecule has 3 heteroatoms. The molecule has 1 aromatic rings. The van der Waals surface area contributed by atoms with Crippen molar-refractivity contribution in [3.8, 4) is 0 Å². The van der Waals surface area contributed by atoms with Crippen molar-refractivity contribution < 1.29 is 0 Å². The molecule has 0 amide bonds. The maximum atomic E-state index is 3.95. The van der Waals surface area contributed by atoms with Crippen LogP contribution in [-0.4, -0.2) is 15.3 Å². The lowest BCUT2D eigenvalue weighted by atomic mass is 10.3. The monoisotopic (exact) mass is 157 g/mol. The number of hydrogen-bond acceptors (Lipinski definition) is 1. The average Bonchev–Trinajstić information content (AvgIpc) is 2.41. The van der Waals surface area contributed by atoms with Gasteiger partial charge in [-0.05, 0) is 25.5 Å². The summed E-state index contributed by atoms with van der Waals surface area (Å²) in [4.78, 5) is 3.95. The highest BCUT2D eigenvalue weighted by Gasteiger charge is 1.89. The van der Waals surface area contributed by atoms with Crippen LogP contribution in [0.15, 0.2) is 18.7 Å². The van der Waals surface area contributed by atoms with E-state index in [9.17, 15) is 0 Å². The van der Waals surface area contributed by atoms with Crippen molar-refractivity contribution in [3.05, 3.63) is 18.7 Å². The Morgan fingerprint density at radius 3 is 2.90 bits per heavy atom. The normalized spacial score (nSPS) is 10.1. The minimum atomic E-state index is 1.09. The fourth-order valence-corrected chi connectivity index (χ4v) is 1.09. The average molecular weight is 157 g/mol. The van der Waals surface area contributed by atoms with Crippen molar-refractivity contribution in [1.82, 2.24) is 9.55 Å². The SMILES string of the molecule is [SH2+]CCCCn1ccnc1. The van der Waals surface area contributed by atoms with Crippen LogP contribution in [0, 0.1) is 0 Å². The Hall–Kier alpha value is -0.440. The molecule has 10 heavy (non-hydrogen) atoms. The Balaban J connectivity index is 2.15. The molecule has 0 radical (unpaired) electrons. The van der Waals surface area contributed by atoms with E-state index in [-0.39, 0.29) is 0 Å². The summed E-state index contributed by atoms with van der Waals surface area (Å²) in [6.07, 6.45) is 8.12. The van der Waals surface area contributed by atoms with Crippen molar-refractivity contribution in [2.45, 2.75) is 19.4 Å². The highest BCUT2D eigenvalue weighted by Crippen LogP contribution is 1.93. The van der Waals surface area contributed by atoms with Crippen LogP contribution in [0.3, 0.4) is 0 Å². The van der Waals surface area contributed by atoms with Crippen molar-refractivity contribution in [3.63, 3.8) is 0 Å². The zero-order valence-corrected chi connectivity index (χ0v) is 6.95. The molecule has 56 valence electrons. The smallest absolute Gasteiger partial charge is 0.103 e. The molecule has 0 unspecified atom stereocenters. The number of aryl methyl sites for hydroxylation is 1. The molecule has 0 fully saturated rings. The standard InChI is InChI=1S/C7H12N2S/c10-6-2-1-4-9-5-3-8-7-9/h3,5,7,10H,1-2,4,6H2/p+1. The highest BCUT2D eigenvalue weighted by molar-refractivity contribution is 7.58. The number of rotatable bonds is 4. The van der Waals surface area contributed by atoms with E-state index in [1.54, 1.807) is 0 Å². The van der Waals surface area contributed by atoms with Gasteiger partial charge in [-0.3, -0.25) is 0 Å². The second-order valence-electron chi connectivity index (χ2n) is 2.26. The van der Waals surface area contributed by atoms with Gasteiger partial charge >= 0.3 is 0 Å². The molecule has 1 heterocycles. The molecular weight excluding hydrogens is 144 g/mol. The first-order valence-electron chi connectivity index (χ1n) is 3.54. The van der Waals surface area contributed by atoms with Crippen LogP contribution in [0.2, 0.25) is 0 Å². The number of nitrogens with zero attached hydrogens (tertiary/aromatic N) is 2. The molecule has 1 rings (SSSR count). The fourth-order valence-electron chi connectivity index (χ4n) is 0.838. The third-order valence-electron chi connectivity index (χ3n) is 1.40. The van der Waals surface area contributed by atoms with Gasteiger partial charge in [0, 0.05) is 18.9 Å². The summed E-state index contributed by atoms with van der Waals surface area (Å²) in [7, 11) is 0. The number of imidazole rings is 1. The van der Waals surface area contributed by atoms with E-state index in [1.165, 1.54) is 12.8 Å². The molecule has 0 saturated heterocycles. The third-order valence-corrected chi connectivity index (χ3v) is 1.76. The van der Waals surface area contributed by atoms with Gasteiger partial charge in [0.05, 0.1) is 6.33 Å². The minimum absolute atomic E-state index is 1.09. The van der Waals surface area contributed by atoms with Crippen LogP contribution in [0.4, 0.5) is 0 Å². The van der Waals surface area contributed by atoms with Crippen molar-refractivity contribution >= 4 is 12.6 Å². The van der Waals surface area contributed by atoms with Gasteiger partial charge in [-0.25, -0.2) is 4.98 Å². The zero-order chi connectivity index (χ0) is 7.23. The molecule has 0 N–H and O–H groups in total. The molecule has 1 aromatic heterocycles. The first-order chi connectivity index (χ1) is 4.93. The van der Waals surface area contributed by atoms with Gasteiger partial charge in [-0.15, -0.1) is 0 Å². The van der Waals surface area contributed by atoms with E-state index in [0.717, 1.165) is 12.3 Å². The summed E-state index contributed by atoms with van der Waals surface area (Å²) >= 11 is 3.43. The maximum Gasteiger partial charge on any atom is 0.103 e. The first-order valence-corrected chi connectivity index (χ1v) is 4.24. The van der Waals surface area contributed by atoms with E-state index in [2.05, 4.69) is 22.2 Å². The van der Waals surface area contributed by atoms with Crippen molar-refractivity contribution in [2.75, 3.05) is 5.75 Å². The second-order valence-corrected chi connectivity index (χ2v) is 2.76. The summed E-state index contributed by atoms with van der Waals surface area (Å²) < 4.78 is 2.10. The van der Waals surface area contributed by atoms with Crippen molar-refractivity contribution in [2.24, 2.45) is 0 Å². The lowest BCUT2D eigenvalue weighted by Crippen LogP contribution is -1.94. The summed E-state index contributed by atoms with van der Waals surface area (Å²) in [6, 6.07) is 0. The summed E-state index contributed by atoms with van der Waals surface area (Å²) in [6.45, 7) is 1.09. The van der Waals surface area contributed by atoms with Gasteiger partial charge in [0.1, 0.15) is 5.75 Å². The van der Waals surface area contributed by atoms with Crippen LogP contribution in [-0.2, 0) is 19.2 Å². The van der Waals surface area contributed by atoms with Crippen LogP contribution >= 0.6 is 0 Å². The minimum Gasteiger partial charge on any atom is -0.337 e. The van der Waals surface area contributed by atoms with E-state index in [4.69, 9.17) is 0 Å². The largest absolute Gasteiger partial charge is 0.337 e. The molecular formula is C7H13N2S+. The van der Waals surface area contributed by atoms with Gasteiger partial charge in [0.15, 0.2) is 0 Å². The van der Waals surface area contributed by atoms with Crippen LogP contribution in [0.25, 0.3) is 0 Å².